The number of allylic oxidation sites excluding steroid dienone is 1. The van der Waals surface area contributed by atoms with Gasteiger partial charge in [0, 0.05) is 11.3 Å². The van der Waals surface area contributed by atoms with Gasteiger partial charge in [0.25, 0.3) is 0 Å². The summed E-state index contributed by atoms with van der Waals surface area (Å²) in [4.78, 5) is 24.8. The highest BCUT2D eigenvalue weighted by Crippen LogP contribution is 2.34. The average Bonchev–Trinajstić information content (AvgIpc) is 3.07. The number of hydrogen-bond donors (Lipinski definition) is 2. The first-order chi connectivity index (χ1) is 12.1. The van der Waals surface area contributed by atoms with Crippen LogP contribution in [0.3, 0.4) is 0 Å². The van der Waals surface area contributed by atoms with Gasteiger partial charge in [0.15, 0.2) is 0 Å². The lowest BCUT2D eigenvalue weighted by molar-refractivity contribution is -0.144. The molecule has 1 aromatic carbocycles. The van der Waals surface area contributed by atoms with Crippen LogP contribution in [0.1, 0.15) is 51.1 Å². The van der Waals surface area contributed by atoms with Crippen LogP contribution in [0.5, 0.6) is 5.75 Å². The third-order valence-corrected chi connectivity index (χ3v) is 4.59. The number of nitrogens with one attached hydrogen (secondary N) is 2. The molecule has 1 aromatic rings. The first-order valence-electron chi connectivity index (χ1n) is 8.81. The van der Waals surface area contributed by atoms with Crippen molar-refractivity contribution in [2.24, 2.45) is 0 Å². The Morgan fingerprint density at radius 1 is 1.24 bits per heavy atom. The molecular formula is C19H24N2O4. The lowest BCUT2D eigenvalue weighted by Crippen LogP contribution is -2.45. The second-order valence-corrected chi connectivity index (χ2v) is 6.35. The van der Waals surface area contributed by atoms with Crippen molar-refractivity contribution in [1.82, 2.24) is 10.6 Å². The van der Waals surface area contributed by atoms with Gasteiger partial charge < -0.3 is 20.1 Å². The van der Waals surface area contributed by atoms with Crippen molar-refractivity contribution in [3.63, 3.8) is 0 Å². The number of para-hydroxylation sites is 1. The summed E-state index contributed by atoms with van der Waals surface area (Å²) in [5.41, 5.74) is 1.69. The molecule has 134 valence electrons. The van der Waals surface area contributed by atoms with E-state index in [1.807, 2.05) is 31.2 Å². The maximum absolute atomic E-state index is 12.8. The van der Waals surface area contributed by atoms with Crippen molar-refractivity contribution in [3.05, 3.63) is 41.1 Å². The SMILES string of the molecule is CCOc1ccccc1[C@H]1NC(=O)NC(C)=C1C(=O)OC1CCCC1. The Hall–Kier alpha value is -2.50. The minimum absolute atomic E-state index is 0.0341. The van der Waals surface area contributed by atoms with Crippen LogP contribution >= 0.6 is 0 Å². The maximum atomic E-state index is 12.8. The number of hydrogen-bond acceptors (Lipinski definition) is 4. The fraction of sp³-hybridized carbons (Fsp3) is 0.474. The van der Waals surface area contributed by atoms with Crippen LogP contribution in [-0.2, 0) is 9.53 Å². The van der Waals surface area contributed by atoms with E-state index in [9.17, 15) is 9.59 Å². The molecule has 3 rings (SSSR count). The number of esters is 1. The van der Waals surface area contributed by atoms with Gasteiger partial charge >= 0.3 is 12.0 Å². The first-order valence-corrected chi connectivity index (χ1v) is 8.81. The molecule has 6 nitrogen and oxygen atoms in total. The minimum atomic E-state index is -0.592. The van der Waals surface area contributed by atoms with Gasteiger partial charge in [-0.3, -0.25) is 0 Å². The molecule has 2 amide bonds. The number of carbonyl (C=O) groups excluding carboxylic acids is 2. The third kappa shape index (κ3) is 3.78. The van der Waals surface area contributed by atoms with E-state index in [0.717, 1.165) is 31.2 Å². The van der Waals surface area contributed by atoms with E-state index in [1.54, 1.807) is 6.92 Å². The number of benzene rings is 1. The quantitative estimate of drug-likeness (QED) is 0.804. The second-order valence-electron chi connectivity index (χ2n) is 6.35. The van der Waals surface area contributed by atoms with Crippen LogP contribution < -0.4 is 15.4 Å². The van der Waals surface area contributed by atoms with E-state index in [-0.39, 0.29) is 18.1 Å². The fourth-order valence-electron chi connectivity index (χ4n) is 3.42. The van der Waals surface area contributed by atoms with Gasteiger partial charge in [0.05, 0.1) is 18.2 Å². The monoisotopic (exact) mass is 344 g/mol. The molecule has 1 heterocycles. The number of carbonyl (C=O) groups is 2. The van der Waals surface area contributed by atoms with Crippen molar-refractivity contribution < 1.29 is 19.1 Å². The minimum Gasteiger partial charge on any atom is -0.494 e. The lowest BCUT2D eigenvalue weighted by Gasteiger charge is -2.29. The van der Waals surface area contributed by atoms with Crippen molar-refractivity contribution in [1.29, 1.82) is 0 Å². The number of rotatable bonds is 5. The Balaban J connectivity index is 1.93. The van der Waals surface area contributed by atoms with Gasteiger partial charge in [0.2, 0.25) is 0 Å². The van der Waals surface area contributed by atoms with Gasteiger partial charge in [-0.15, -0.1) is 0 Å². The Kier molecular flexibility index (Phi) is 5.26. The molecule has 2 N–H and O–H groups in total. The highest BCUT2D eigenvalue weighted by atomic mass is 16.5. The van der Waals surface area contributed by atoms with Crippen LogP contribution in [-0.4, -0.2) is 24.7 Å². The van der Waals surface area contributed by atoms with Crippen LogP contribution in [0.15, 0.2) is 35.5 Å². The third-order valence-electron chi connectivity index (χ3n) is 4.59. The lowest BCUT2D eigenvalue weighted by atomic mass is 9.94. The molecule has 1 fully saturated rings. The van der Waals surface area contributed by atoms with E-state index in [4.69, 9.17) is 9.47 Å². The molecule has 25 heavy (non-hydrogen) atoms. The van der Waals surface area contributed by atoms with Gasteiger partial charge in [-0.1, -0.05) is 18.2 Å². The summed E-state index contributed by atoms with van der Waals surface area (Å²) in [6, 6.07) is 6.49. The normalized spacial score (nSPS) is 20.9. The molecule has 1 aliphatic carbocycles. The zero-order valence-electron chi connectivity index (χ0n) is 14.6. The molecule has 6 heteroatoms. The van der Waals surface area contributed by atoms with Crippen LogP contribution in [0.2, 0.25) is 0 Å². The molecule has 1 saturated carbocycles. The Bertz CT molecular complexity index is 692. The smallest absolute Gasteiger partial charge is 0.338 e. The summed E-state index contributed by atoms with van der Waals surface area (Å²) < 4.78 is 11.4. The topological polar surface area (TPSA) is 76.7 Å². The van der Waals surface area contributed by atoms with Gasteiger partial charge in [-0.05, 0) is 45.6 Å². The number of ether oxygens (including phenoxy) is 2. The average molecular weight is 344 g/mol. The molecule has 0 aromatic heterocycles. The van der Waals surface area contributed by atoms with Crippen molar-refractivity contribution in [2.45, 2.75) is 51.7 Å². The summed E-state index contributed by atoms with van der Waals surface area (Å²) >= 11 is 0. The van der Waals surface area contributed by atoms with E-state index < -0.39 is 6.04 Å². The fourth-order valence-corrected chi connectivity index (χ4v) is 3.42. The predicted octanol–water partition coefficient (Wildman–Crippen LogP) is 3.20. The Morgan fingerprint density at radius 2 is 1.96 bits per heavy atom. The summed E-state index contributed by atoms with van der Waals surface area (Å²) in [5.74, 6) is 0.268. The zero-order valence-corrected chi connectivity index (χ0v) is 14.6. The molecule has 0 radical (unpaired) electrons. The van der Waals surface area contributed by atoms with E-state index >= 15 is 0 Å². The summed E-state index contributed by atoms with van der Waals surface area (Å²) in [6.45, 7) is 4.12. The summed E-state index contributed by atoms with van der Waals surface area (Å²) in [6.07, 6.45) is 3.94. The Labute approximate surface area is 147 Å². The van der Waals surface area contributed by atoms with Crippen LogP contribution in [0, 0.1) is 0 Å². The highest BCUT2D eigenvalue weighted by molar-refractivity contribution is 5.95. The molecule has 2 aliphatic rings. The highest BCUT2D eigenvalue weighted by Gasteiger charge is 2.35. The Morgan fingerprint density at radius 3 is 2.68 bits per heavy atom. The zero-order chi connectivity index (χ0) is 17.8. The maximum Gasteiger partial charge on any atom is 0.338 e. The van der Waals surface area contributed by atoms with Crippen molar-refractivity contribution in [2.75, 3.05) is 6.61 Å². The molecule has 0 spiro atoms. The summed E-state index contributed by atoms with van der Waals surface area (Å²) in [5, 5.41) is 5.50. The van der Waals surface area contributed by atoms with E-state index in [2.05, 4.69) is 10.6 Å². The predicted molar refractivity (Wildman–Crippen MR) is 93.1 cm³/mol. The summed E-state index contributed by atoms with van der Waals surface area (Å²) in [7, 11) is 0. The molecule has 0 saturated heterocycles. The standard InChI is InChI=1S/C19H24N2O4/c1-3-24-15-11-7-6-10-14(15)17-16(12(2)20-19(23)21-17)18(22)25-13-8-4-5-9-13/h6-7,10-11,13,17H,3-5,8-9H2,1-2H3,(H2,20,21,23)/t17-/m1/s1. The van der Waals surface area contributed by atoms with Gasteiger partial charge in [-0.2, -0.15) is 0 Å². The van der Waals surface area contributed by atoms with Crippen molar-refractivity contribution in [3.8, 4) is 5.75 Å². The first kappa shape index (κ1) is 17.3. The number of amides is 2. The molecule has 0 bridgehead atoms. The molecule has 1 atom stereocenters. The molecule has 1 aliphatic heterocycles. The van der Waals surface area contributed by atoms with Gasteiger partial charge in [0.1, 0.15) is 11.9 Å². The van der Waals surface area contributed by atoms with E-state index in [0.29, 0.717) is 23.6 Å². The second kappa shape index (κ2) is 7.59. The largest absolute Gasteiger partial charge is 0.494 e. The van der Waals surface area contributed by atoms with E-state index in [1.165, 1.54) is 0 Å². The van der Waals surface area contributed by atoms with Crippen LogP contribution in [0.25, 0.3) is 0 Å². The molecule has 0 unspecified atom stereocenters. The number of urea groups is 1. The molecular weight excluding hydrogens is 320 g/mol. The van der Waals surface area contributed by atoms with Crippen molar-refractivity contribution >= 4 is 12.0 Å². The van der Waals surface area contributed by atoms with Gasteiger partial charge in [-0.25, -0.2) is 9.59 Å². The van der Waals surface area contributed by atoms with Crippen LogP contribution in [0.4, 0.5) is 4.79 Å².